The molecule has 9 nitrogen and oxygen atoms in total. The smallest absolute Gasteiger partial charge is 0.275 e. The molecule has 1 N–H and O–H groups in total. The van der Waals surface area contributed by atoms with Gasteiger partial charge in [-0.05, 0) is 32.9 Å². The summed E-state index contributed by atoms with van der Waals surface area (Å²) in [4.78, 5) is 32.4. The molecule has 164 valence electrons. The molecule has 1 atom stereocenters. The fourth-order valence-corrected chi connectivity index (χ4v) is 5.24. The number of amides is 1. The highest BCUT2D eigenvalue weighted by Gasteiger charge is 2.36. The quantitative estimate of drug-likeness (QED) is 0.511. The molecule has 0 unspecified atom stereocenters. The first-order valence-electron chi connectivity index (χ1n) is 10.4. The number of fused-ring (bicyclic) bond motifs is 1. The van der Waals surface area contributed by atoms with E-state index >= 15 is 0 Å². The molecule has 1 fully saturated rings. The van der Waals surface area contributed by atoms with Gasteiger partial charge in [-0.25, -0.2) is 9.67 Å². The molecule has 4 aromatic rings. The van der Waals surface area contributed by atoms with Crippen molar-refractivity contribution in [2.24, 2.45) is 0 Å². The first-order valence-corrected chi connectivity index (χ1v) is 11.2. The van der Waals surface area contributed by atoms with Crippen molar-refractivity contribution < 1.29 is 4.79 Å². The van der Waals surface area contributed by atoms with Crippen molar-refractivity contribution >= 4 is 22.2 Å². The van der Waals surface area contributed by atoms with Crippen LogP contribution in [0.3, 0.4) is 0 Å². The minimum Gasteiger partial charge on any atom is -0.353 e. The van der Waals surface area contributed by atoms with E-state index in [4.69, 9.17) is 5.10 Å². The zero-order valence-electron chi connectivity index (χ0n) is 18.1. The molecule has 1 aromatic carbocycles. The van der Waals surface area contributed by atoms with Crippen LogP contribution in [0.1, 0.15) is 33.7 Å². The molecule has 1 aliphatic rings. The third kappa shape index (κ3) is 3.51. The zero-order valence-corrected chi connectivity index (χ0v) is 18.9. The Hall–Kier alpha value is -3.37. The van der Waals surface area contributed by atoms with Crippen LogP contribution in [0.25, 0.3) is 10.6 Å². The highest BCUT2D eigenvalue weighted by Crippen LogP contribution is 2.31. The minimum absolute atomic E-state index is 0.0534. The summed E-state index contributed by atoms with van der Waals surface area (Å²) in [6, 6.07) is 10.9. The molecule has 0 radical (unpaired) electrons. The molecular formula is C22H23N7O2S. The number of para-hydroxylation sites is 1. The van der Waals surface area contributed by atoms with E-state index in [0.717, 1.165) is 27.6 Å². The topological polar surface area (TPSA) is 97.4 Å². The number of nitrogens with zero attached hydrogens (tertiary/aromatic N) is 6. The Kier molecular flexibility index (Phi) is 5.10. The van der Waals surface area contributed by atoms with Crippen molar-refractivity contribution in [1.82, 2.24) is 34.6 Å². The highest BCUT2D eigenvalue weighted by atomic mass is 32.1. The van der Waals surface area contributed by atoms with E-state index in [1.54, 1.807) is 6.92 Å². The van der Waals surface area contributed by atoms with E-state index in [0.29, 0.717) is 30.3 Å². The van der Waals surface area contributed by atoms with Gasteiger partial charge in [-0.15, -0.1) is 0 Å². The molecule has 10 heteroatoms. The Morgan fingerprint density at radius 3 is 2.69 bits per heavy atom. The maximum Gasteiger partial charge on any atom is 0.275 e. The predicted molar refractivity (Wildman–Crippen MR) is 121 cm³/mol. The Labute approximate surface area is 188 Å². The minimum atomic E-state index is -0.486. The second-order valence-electron chi connectivity index (χ2n) is 7.92. The number of carbonyl (C=O) groups is 1. The highest BCUT2D eigenvalue weighted by molar-refractivity contribution is 7.16. The lowest BCUT2D eigenvalue weighted by atomic mass is 10.0. The van der Waals surface area contributed by atoms with Gasteiger partial charge < -0.3 is 5.32 Å². The van der Waals surface area contributed by atoms with E-state index in [2.05, 4.69) is 20.3 Å². The Morgan fingerprint density at radius 1 is 1.12 bits per heavy atom. The van der Waals surface area contributed by atoms with Gasteiger partial charge in [-0.2, -0.15) is 14.7 Å². The lowest BCUT2D eigenvalue weighted by molar-refractivity contribution is -0.129. The van der Waals surface area contributed by atoms with E-state index in [1.807, 2.05) is 48.9 Å². The van der Waals surface area contributed by atoms with Crippen LogP contribution in [-0.2, 0) is 11.3 Å². The molecule has 4 heterocycles. The van der Waals surface area contributed by atoms with E-state index in [-0.39, 0.29) is 11.5 Å². The number of rotatable bonds is 4. The summed E-state index contributed by atoms with van der Waals surface area (Å²) >= 11 is 1.37. The number of piperazine rings is 1. The fraction of sp³-hybridized carbons (Fsp3) is 0.318. The normalized spacial score (nSPS) is 17.1. The van der Waals surface area contributed by atoms with Crippen LogP contribution in [0.15, 0.2) is 41.2 Å². The Bertz CT molecular complexity index is 1370. The van der Waals surface area contributed by atoms with Gasteiger partial charge in [-0.1, -0.05) is 29.5 Å². The van der Waals surface area contributed by atoms with Crippen molar-refractivity contribution in [1.29, 1.82) is 0 Å². The molecule has 3 aromatic heterocycles. The number of aromatic nitrogens is 5. The van der Waals surface area contributed by atoms with Gasteiger partial charge >= 0.3 is 0 Å². The summed E-state index contributed by atoms with van der Waals surface area (Å²) in [5.41, 5.74) is 4.07. The van der Waals surface area contributed by atoms with Crippen molar-refractivity contribution in [2.45, 2.75) is 33.4 Å². The van der Waals surface area contributed by atoms with Crippen molar-refractivity contribution in [3.05, 3.63) is 74.4 Å². The molecular weight excluding hydrogens is 426 g/mol. The van der Waals surface area contributed by atoms with Crippen LogP contribution in [0.5, 0.6) is 0 Å². The predicted octanol–water partition coefficient (Wildman–Crippen LogP) is 1.94. The third-order valence-electron chi connectivity index (χ3n) is 5.69. The van der Waals surface area contributed by atoms with Gasteiger partial charge in [0.25, 0.3) is 5.56 Å². The SMILES string of the molecule is Cc1cc(=O)n2nc(CN3CCNC(=O)[C@@H]3c3c(C)nn(-c4ccccc4)c3C)sc2n1. The summed E-state index contributed by atoms with van der Waals surface area (Å²) < 4.78 is 3.21. The van der Waals surface area contributed by atoms with Crippen LogP contribution in [0.4, 0.5) is 0 Å². The van der Waals surface area contributed by atoms with Gasteiger partial charge in [0.15, 0.2) is 0 Å². The van der Waals surface area contributed by atoms with Crippen LogP contribution in [0, 0.1) is 20.8 Å². The zero-order chi connectivity index (χ0) is 22.4. The molecule has 0 spiro atoms. The lowest BCUT2D eigenvalue weighted by Gasteiger charge is -2.34. The number of nitrogens with one attached hydrogen (secondary N) is 1. The average molecular weight is 450 g/mol. The molecule has 32 heavy (non-hydrogen) atoms. The van der Waals surface area contributed by atoms with Crippen molar-refractivity contribution in [3.8, 4) is 5.69 Å². The van der Waals surface area contributed by atoms with Gasteiger partial charge in [0.2, 0.25) is 10.9 Å². The van der Waals surface area contributed by atoms with Crippen LogP contribution in [0.2, 0.25) is 0 Å². The second-order valence-corrected chi connectivity index (χ2v) is 8.96. The maximum absolute atomic E-state index is 13.0. The van der Waals surface area contributed by atoms with Gasteiger partial charge in [0, 0.05) is 36.1 Å². The lowest BCUT2D eigenvalue weighted by Crippen LogP contribution is -2.49. The first kappa shape index (κ1) is 20.5. The number of hydrogen-bond acceptors (Lipinski definition) is 7. The standard InChI is InChI=1S/C22H23N7O2S/c1-13-11-18(30)29-22(24-13)32-17(26-29)12-27-10-9-23-21(31)20(27)19-14(2)25-28(15(19)3)16-7-5-4-6-8-16/h4-8,11,20H,9-10,12H2,1-3H3,(H,23,31)/t20-/m0/s1. The Morgan fingerprint density at radius 2 is 1.91 bits per heavy atom. The summed E-state index contributed by atoms with van der Waals surface area (Å²) in [6.07, 6.45) is 0. The monoisotopic (exact) mass is 449 g/mol. The molecule has 1 saturated heterocycles. The van der Waals surface area contributed by atoms with Gasteiger partial charge in [-0.3, -0.25) is 14.5 Å². The maximum atomic E-state index is 13.0. The number of aryl methyl sites for hydroxylation is 2. The molecule has 1 amide bonds. The third-order valence-corrected chi connectivity index (χ3v) is 6.58. The molecule has 5 rings (SSSR count). The number of hydrogen-bond donors (Lipinski definition) is 1. The average Bonchev–Trinajstić information content (AvgIpc) is 3.29. The molecule has 0 bridgehead atoms. The van der Waals surface area contributed by atoms with E-state index in [9.17, 15) is 9.59 Å². The molecule has 1 aliphatic heterocycles. The number of benzene rings is 1. The first-order chi connectivity index (χ1) is 15.4. The molecule has 0 aliphatic carbocycles. The van der Waals surface area contributed by atoms with Gasteiger partial charge in [0.1, 0.15) is 11.0 Å². The van der Waals surface area contributed by atoms with Crippen molar-refractivity contribution in [2.75, 3.05) is 13.1 Å². The van der Waals surface area contributed by atoms with Crippen molar-refractivity contribution in [3.63, 3.8) is 0 Å². The number of carbonyl (C=O) groups excluding carboxylic acids is 1. The van der Waals surface area contributed by atoms with E-state index < -0.39 is 6.04 Å². The summed E-state index contributed by atoms with van der Waals surface area (Å²) in [7, 11) is 0. The summed E-state index contributed by atoms with van der Waals surface area (Å²) in [6.45, 7) is 7.39. The largest absolute Gasteiger partial charge is 0.353 e. The summed E-state index contributed by atoms with van der Waals surface area (Å²) in [5.74, 6) is -0.0534. The van der Waals surface area contributed by atoms with Crippen LogP contribution < -0.4 is 10.9 Å². The molecule has 0 saturated carbocycles. The fourth-order valence-electron chi connectivity index (χ4n) is 4.27. The van der Waals surface area contributed by atoms with Gasteiger partial charge in [0.05, 0.1) is 17.9 Å². The Balaban J connectivity index is 1.53. The van der Waals surface area contributed by atoms with Crippen LogP contribution in [-0.4, -0.2) is 48.3 Å². The second kappa shape index (κ2) is 7.95. The van der Waals surface area contributed by atoms with Crippen LogP contribution >= 0.6 is 11.3 Å². The van der Waals surface area contributed by atoms with E-state index in [1.165, 1.54) is 21.9 Å². The summed E-state index contributed by atoms with van der Waals surface area (Å²) in [5, 5.41) is 12.9.